The maximum absolute atomic E-state index is 2.84. The van der Waals surface area contributed by atoms with Gasteiger partial charge in [0.15, 0.2) is 0 Å². The summed E-state index contributed by atoms with van der Waals surface area (Å²) in [5.74, 6) is 0. The van der Waals surface area contributed by atoms with Gasteiger partial charge in [0.2, 0.25) is 0 Å². The minimum atomic E-state index is 0.126. The Kier molecular flexibility index (Phi) is 4.53. The van der Waals surface area contributed by atoms with Gasteiger partial charge in [-0.15, -0.1) is 0 Å². The van der Waals surface area contributed by atoms with Gasteiger partial charge >= 0.3 is 0 Å². The maximum atomic E-state index is 2.84. The van der Waals surface area contributed by atoms with Crippen LogP contribution in [-0.4, -0.2) is 37.1 Å². The van der Waals surface area contributed by atoms with E-state index in [1.165, 1.54) is 42.5 Å². The first-order valence-corrected chi connectivity index (χ1v) is 8.08. The second kappa shape index (κ2) is 5.19. The average molecular weight is 201 g/mol. The molecule has 1 atom stereocenters. The summed E-state index contributed by atoms with van der Waals surface area (Å²) in [6.45, 7) is 6.11. The van der Waals surface area contributed by atoms with Gasteiger partial charge in [-0.1, -0.05) is 31.9 Å². The van der Waals surface area contributed by atoms with E-state index in [1.54, 1.807) is 0 Å². The molecule has 12 heavy (non-hydrogen) atoms. The maximum Gasteiger partial charge on any atom is 0.0947 e. The lowest BCUT2D eigenvalue weighted by atomic mass is 10.2. The Balaban J connectivity index is 2.32. The van der Waals surface area contributed by atoms with Gasteiger partial charge in [-0.25, -0.2) is 0 Å². The molecule has 0 heterocycles. The van der Waals surface area contributed by atoms with Crippen LogP contribution in [0.25, 0.3) is 0 Å². The second-order valence-electron chi connectivity index (χ2n) is 4.42. The summed E-state index contributed by atoms with van der Waals surface area (Å²) < 4.78 is 2.84. The van der Waals surface area contributed by atoms with Crippen LogP contribution in [0.2, 0.25) is 5.16 Å². The molecule has 0 radical (unpaired) electrons. The third-order valence-corrected chi connectivity index (χ3v) is 6.11. The lowest BCUT2D eigenvalue weighted by Gasteiger charge is -2.28. The van der Waals surface area contributed by atoms with E-state index in [9.17, 15) is 0 Å². The number of nitrogens with zero attached hydrogens (tertiary/aromatic N) is 1. The molecule has 1 aliphatic rings. The Morgan fingerprint density at radius 3 is 2.50 bits per heavy atom. The molecule has 0 aliphatic heterocycles. The van der Waals surface area contributed by atoms with Crippen molar-refractivity contribution in [2.45, 2.75) is 50.7 Å². The zero-order valence-electron chi connectivity index (χ0n) is 8.84. The molecule has 0 aromatic carbocycles. The smallest absolute Gasteiger partial charge is 0.0947 e. The minimum Gasteiger partial charge on any atom is -0.327 e. The molecule has 0 saturated heterocycles. The lowest BCUT2D eigenvalue weighted by Crippen LogP contribution is -2.38. The zero-order chi connectivity index (χ0) is 8.97. The molecular formula is C9H23NSi2. The Labute approximate surface area is 82.2 Å². The van der Waals surface area contributed by atoms with E-state index in [0.717, 1.165) is 11.2 Å². The molecule has 1 nitrogen and oxygen atoms in total. The molecule has 0 amide bonds. The summed E-state index contributed by atoms with van der Waals surface area (Å²) in [5, 5.41) is 1.10. The molecular weight excluding hydrogens is 178 g/mol. The van der Waals surface area contributed by atoms with Crippen molar-refractivity contribution in [2.75, 3.05) is 6.54 Å². The van der Waals surface area contributed by atoms with Gasteiger partial charge in [0.1, 0.15) is 0 Å². The Morgan fingerprint density at radius 1 is 1.50 bits per heavy atom. The van der Waals surface area contributed by atoms with Crippen LogP contribution in [0.1, 0.15) is 39.5 Å². The molecule has 72 valence electrons. The molecule has 0 spiro atoms. The van der Waals surface area contributed by atoms with Gasteiger partial charge in [0.05, 0.1) is 9.68 Å². The van der Waals surface area contributed by atoms with E-state index in [0.29, 0.717) is 0 Å². The molecule has 0 aromatic rings. The zero-order valence-corrected chi connectivity index (χ0v) is 12.3. The fraction of sp³-hybridized carbons (Fsp3) is 1.00. The summed E-state index contributed by atoms with van der Waals surface area (Å²) >= 11 is 0. The summed E-state index contributed by atoms with van der Waals surface area (Å²) in [6.07, 6.45) is 5.97. The van der Waals surface area contributed by atoms with Crippen molar-refractivity contribution in [1.29, 1.82) is 0 Å². The van der Waals surface area contributed by atoms with Crippen molar-refractivity contribution in [3.63, 3.8) is 0 Å². The van der Waals surface area contributed by atoms with Crippen molar-refractivity contribution in [1.82, 2.24) is 4.57 Å². The van der Waals surface area contributed by atoms with Gasteiger partial charge in [0.25, 0.3) is 0 Å². The summed E-state index contributed by atoms with van der Waals surface area (Å²) in [6, 6.07) is 0.998. The normalized spacial score (nSPS) is 23.2. The summed E-state index contributed by atoms with van der Waals surface area (Å²) in [4.78, 5) is 0. The van der Waals surface area contributed by atoms with Crippen molar-refractivity contribution in [3.05, 3.63) is 0 Å². The van der Waals surface area contributed by atoms with Gasteiger partial charge in [0, 0.05) is 16.3 Å². The van der Waals surface area contributed by atoms with Crippen LogP contribution in [0.3, 0.4) is 0 Å². The van der Waals surface area contributed by atoms with Gasteiger partial charge < -0.3 is 4.57 Å². The predicted molar refractivity (Wildman–Crippen MR) is 62.5 cm³/mol. The Morgan fingerprint density at radius 2 is 2.08 bits per heavy atom. The van der Waals surface area contributed by atoms with Crippen LogP contribution in [0.4, 0.5) is 0 Å². The highest BCUT2D eigenvalue weighted by atomic mass is 28.3. The minimum absolute atomic E-state index is 0.126. The fourth-order valence-electron chi connectivity index (χ4n) is 2.27. The Bertz CT molecular complexity index is 122. The Hall–Kier alpha value is 0.394. The van der Waals surface area contributed by atoms with Crippen LogP contribution >= 0.6 is 0 Å². The first kappa shape index (κ1) is 10.5. The largest absolute Gasteiger partial charge is 0.327 e. The van der Waals surface area contributed by atoms with E-state index >= 15 is 0 Å². The van der Waals surface area contributed by atoms with E-state index in [-0.39, 0.29) is 9.68 Å². The van der Waals surface area contributed by atoms with Crippen molar-refractivity contribution in [2.24, 2.45) is 0 Å². The predicted octanol–water partition coefficient (Wildman–Crippen LogP) is 0.466. The van der Waals surface area contributed by atoms with Crippen LogP contribution in [-0.2, 0) is 0 Å². The van der Waals surface area contributed by atoms with E-state index in [2.05, 4.69) is 18.4 Å². The van der Waals surface area contributed by atoms with Gasteiger partial charge in [-0.2, -0.15) is 0 Å². The highest BCUT2D eigenvalue weighted by Crippen LogP contribution is 2.23. The third kappa shape index (κ3) is 3.03. The second-order valence-corrected chi connectivity index (χ2v) is 10.8. The van der Waals surface area contributed by atoms with Crippen LogP contribution in [0.15, 0.2) is 0 Å². The molecule has 0 aromatic heterocycles. The van der Waals surface area contributed by atoms with Crippen molar-refractivity contribution >= 4 is 19.9 Å². The molecule has 1 fully saturated rings. The number of hydrogen-bond acceptors (Lipinski definition) is 1. The van der Waals surface area contributed by atoms with E-state index in [4.69, 9.17) is 0 Å². The highest BCUT2D eigenvalue weighted by molar-refractivity contribution is 6.47. The summed E-state index contributed by atoms with van der Waals surface area (Å²) in [5.41, 5.74) is 0. The molecule has 3 heteroatoms. The average Bonchev–Trinajstić information content (AvgIpc) is 2.51. The third-order valence-electron chi connectivity index (χ3n) is 2.85. The molecule has 1 saturated carbocycles. The van der Waals surface area contributed by atoms with Gasteiger partial charge in [-0.3, -0.25) is 0 Å². The van der Waals surface area contributed by atoms with Crippen LogP contribution in [0, 0.1) is 0 Å². The van der Waals surface area contributed by atoms with E-state index in [1.807, 2.05) is 0 Å². The molecule has 0 bridgehead atoms. The first-order chi connectivity index (χ1) is 5.74. The molecule has 1 rings (SSSR count). The molecule has 1 unspecified atom stereocenters. The summed E-state index contributed by atoms with van der Waals surface area (Å²) in [7, 11) is 1.54. The monoisotopic (exact) mass is 201 g/mol. The van der Waals surface area contributed by atoms with Crippen molar-refractivity contribution in [3.8, 4) is 0 Å². The molecule has 1 aliphatic carbocycles. The quantitative estimate of drug-likeness (QED) is 0.598. The highest BCUT2D eigenvalue weighted by Gasteiger charge is 2.21. The number of hydrogen-bond donors (Lipinski definition) is 0. The topological polar surface area (TPSA) is 3.24 Å². The van der Waals surface area contributed by atoms with Gasteiger partial charge in [-0.05, 0) is 19.4 Å². The molecule has 0 N–H and O–H groups in total. The number of rotatable bonds is 4. The van der Waals surface area contributed by atoms with Crippen LogP contribution in [0.5, 0.6) is 0 Å². The SMILES string of the molecule is CCN([SiH2]C(C)[SiH3])C1CCCC1. The van der Waals surface area contributed by atoms with Crippen molar-refractivity contribution < 1.29 is 0 Å². The standard InChI is InChI=1S/C9H23NSi2/c1-3-10(12-8(2)11)9-6-4-5-7-9/h8-9H,3-7,12H2,1-2,11H3. The lowest BCUT2D eigenvalue weighted by molar-refractivity contribution is 0.347. The van der Waals surface area contributed by atoms with Crippen LogP contribution < -0.4 is 0 Å². The van der Waals surface area contributed by atoms with E-state index < -0.39 is 0 Å². The fourth-order valence-corrected chi connectivity index (χ4v) is 5.54. The first-order valence-electron chi connectivity index (χ1n) is 5.48.